The number of aromatic hydroxyl groups is 2. The lowest BCUT2D eigenvalue weighted by Gasteiger charge is -2.35. The highest BCUT2D eigenvalue weighted by molar-refractivity contribution is 6.04. The maximum atomic E-state index is 12.4. The summed E-state index contributed by atoms with van der Waals surface area (Å²) in [7, 11) is 0. The fourth-order valence-corrected chi connectivity index (χ4v) is 3.37. The molecule has 1 aliphatic heterocycles. The summed E-state index contributed by atoms with van der Waals surface area (Å²) in [5, 5.41) is 30.8. The van der Waals surface area contributed by atoms with E-state index in [4.69, 9.17) is 4.74 Å². The minimum atomic E-state index is -0.730. The number of carbonyl (C=O) groups excluding carboxylic acids is 1. The average Bonchev–Trinajstić information content (AvgIpc) is 2.42. The highest BCUT2D eigenvalue weighted by Crippen LogP contribution is 2.53. The van der Waals surface area contributed by atoms with Gasteiger partial charge in [0.2, 0.25) is 0 Å². The van der Waals surface area contributed by atoms with Crippen LogP contribution in [0.1, 0.15) is 60.5 Å². The summed E-state index contributed by atoms with van der Waals surface area (Å²) in [5.41, 5.74) is 0.233. The number of ketones is 1. The lowest BCUT2D eigenvalue weighted by Crippen LogP contribution is -2.36. The van der Waals surface area contributed by atoms with Crippen molar-refractivity contribution in [2.24, 2.45) is 0 Å². The number of rotatable bonds is 1. The van der Waals surface area contributed by atoms with Crippen LogP contribution in [0.25, 0.3) is 0 Å². The molecule has 0 saturated carbocycles. The van der Waals surface area contributed by atoms with Crippen molar-refractivity contribution in [1.82, 2.24) is 0 Å². The lowest BCUT2D eigenvalue weighted by molar-refractivity contribution is 0.0593. The molecule has 0 spiro atoms. The SMILES string of the molecule is C[C@H]1C=C[C@@H](CO)c2c(O)c3c(c(O)c21)OC(C)(C)CC3=O. The molecule has 0 bridgehead atoms. The third kappa shape index (κ3) is 2.00. The first-order chi connectivity index (χ1) is 10.3. The van der Waals surface area contributed by atoms with Crippen LogP contribution in [-0.4, -0.2) is 33.3 Å². The van der Waals surface area contributed by atoms with Crippen molar-refractivity contribution in [3.63, 3.8) is 0 Å². The maximum absolute atomic E-state index is 12.4. The van der Waals surface area contributed by atoms with Gasteiger partial charge < -0.3 is 20.1 Å². The van der Waals surface area contributed by atoms with E-state index in [2.05, 4.69) is 0 Å². The summed E-state index contributed by atoms with van der Waals surface area (Å²) in [6, 6.07) is 0. The summed E-state index contributed by atoms with van der Waals surface area (Å²) in [6.45, 7) is 5.21. The van der Waals surface area contributed by atoms with E-state index in [1.54, 1.807) is 19.9 Å². The first-order valence-electron chi connectivity index (χ1n) is 7.40. The van der Waals surface area contributed by atoms with E-state index in [0.717, 1.165) is 0 Å². The molecule has 1 aromatic rings. The number of phenolic OH excluding ortho intramolecular Hbond substituents is 2. The van der Waals surface area contributed by atoms with Crippen molar-refractivity contribution in [2.75, 3.05) is 6.61 Å². The van der Waals surface area contributed by atoms with E-state index in [1.165, 1.54) is 0 Å². The van der Waals surface area contributed by atoms with Crippen LogP contribution in [0.3, 0.4) is 0 Å². The fourth-order valence-electron chi connectivity index (χ4n) is 3.37. The predicted octanol–water partition coefficient (Wildman–Crippen LogP) is 2.59. The zero-order valence-corrected chi connectivity index (χ0v) is 12.9. The van der Waals surface area contributed by atoms with E-state index >= 15 is 0 Å². The highest BCUT2D eigenvalue weighted by Gasteiger charge is 2.41. The van der Waals surface area contributed by atoms with Gasteiger partial charge >= 0.3 is 0 Å². The van der Waals surface area contributed by atoms with Crippen LogP contribution in [0.4, 0.5) is 0 Å². The van der Waals surface area contributed by atoms with Crippen molar-refractivity contribution in [3.8, 4) is 17.2 Å². The number of hydrogen-bond acceptors (Lipinski definition) is 5. The molecule has 0 unspecified atom stereocenters. The minimum Gasteiger partial charge on any atom is -0.507 e. The monoisotopic (exact) mass is 304 g/mol. The maximum Gasteiger partial charge on any atom is 0.176 e. The molecule has 3 N–H and O–H groups in total. The number of allylic oxidation sites excluding steroid dienone is 1. The minimum absolute atomic E-state index is 0.0246. The van der Waals surface area contributed by atoms with E-state index in [1.807, 2.05) is 13.0 Å². The molecule has 1 heterocycles. The molecule has 22 heavy (non-hydrogen) atoms. The van der Waals surface area contributed by atoms with Gasteiger partial charge in [-0.15, -0.1) is 0 Å². The Morgan fingerprint density at radius 2 is 1.91 bits per heavy atom. The van der Waals surface area contributed by atoms with Crippen molar-refractivity contribution in [1.29, 1.82) is 0 Å². The molecule has 1 aliphatic carbocycles. The predicted molar refractivity (Wildman–Crippen MR) is 80.8 cm³/mol. The summed E-state index contributed by atoms with van der Waals surface area (Å²) >= 11 is 0. The molecule has 118 valence electrons. The third-order valence-corrected chi connectivity index (χ3v) is 4.38. The van der Waals surface area contributed by atoms with Gasteiger partial charge in [0.1, 0.15) is 16.9 Å². The number of phenols is 2. The number of aliphatic hydroxyl groups is 1. The molecule has 0 fully saturated rings. The zero-order chi connectivity index (χ0) is 16.2. The molecule has 2 atom stereocenters. The number of carbonyl (C=O) groups is 1. The van der Waals surface area contributed by atoms with Gasteiger partial charge in [0, 0.05) is 23.0 Å². The molecule has 3 rings (SSSR count). The molecular weight excluding hydrogens is 284 g/mol. The van der Waals surface area contributed by atoms with Gasteiger partial charge in [-0.3, -0.25) is 4.79 Å². The summed E-state index contributed by atoms with van der Waals surface area (Å²) < 4.78 is 5.77. The van der Waals surface area contributed by atoms with Gasteiger partial charge in [0.05, 0.1) is 13.0 Å². The second-order valence-corrected chi connectivity index (χ2v) is 6.65. The number of hydrogen-bond donors (Lipinski definition) is 3. The molecule has 0 amide bonds. The lowest BCUT2D eigenvalue weighted by atomic mass is 9.78. The van der Waals surface area contributed by atoms with E-state index in [0.29, 0.717) is 11.1 Å². The van der Waals surface area contributed by atoms with Crippen LogP contribution in [-0.2, 0) is 0 Å². The first-order valence-corrected chi connectivity index (χ1v) is 7.40. The van der Waals surface area contributed by atoms with Crippen LogP contribution in [0.15, 0.2) is 12.2 Å². The van der Waals surface area contributed by atoms with Crippen LogP contribution in [0, 0.1) is 0 Å². The van der Waals surface area contributed by atoms with Gasteiger partial charge in [0.15, 0.2) is 17.3 Å². The topological polar surface area (TPSA) is 87.0 Å². The Bertz CT molecular complexity index is 687. The number of aliphatic hydroxyl groups excluding tert-OH is 1. The van der Waals surface area contributed by atoms with E-state index in [9.17, 15) is 20.1 Å². The van der Waals surface area contributed by atoms with Crippen molar-refractivity contribution >= 4 is 5.78 Å². The molecule has 0 aromatic heterocycles. The molecule has 5 heteroatoms. The Morgan fingerprint density at radius 1 is 1.23 bits per heavy atom. The Kier molecular flexibility index (Phi) is 3.22. The zero-order valence-electron chi connectivity index (χ0n) is 12.9. The first kappa shape index (κ1) is 14.9. The molecule has 0 saturated heterocycles. The second-order valence-electron chi connectivity index (χ2n) is 6.65. The summed E-state index contributed by atoms with van der Waals surface area (Å²) in [6.07, 6.45) is 3.78. The van der Waals surface area contributed by atoms with Crippen molar-refractivity contribution in [3.05, 3.63) is 28.8 Å². The molecule has 5 nitrogen and oxygen atoms in total. The van der Waals surface area contributed by atoms with Gasteiger partial charge in [-0.1, -0.05) is 19.1 Å². The second kappa shape index (κ2) is 4.74. The van der Waals surface area contributed by atoms with Crippen LogP contribution in [0.2, 0.25) is 0 Å². The smallest absolute Gasteiger partial charge is 0.176 e. The molecule has 1 aromatic carbocycles. The van der Waals surface area contributed by atoms with Crippen LogP contribution < -0.4 is 4.74 Å². The van der Waals surface area contributed by atoms with Crippen molar-refractivity contribution < 1.29 is 24.9 Å². The van der Waals surface area contributed by atoms with Gasteiger partial charge in [-0.05, 0) is 13.8 Å². The van der Waals surface area contributed by atoms with Gasteiger partial charge in [-0.25, -0.2) is 0 Å². The van der Waals surface area contributed by atoms with Crippen LogP contribution in [0.5, 0.6) is 17.2 Å². The molecule has 2 aliphatic rings. The van der Waals surface area contributed by atoms with E-state index in [-0.39, 0.29) is 47.5 Å². The third-order valence-electron chi connectivity index (χ3n) is 4.38. The largest absolute Gasteiger partial charge is 0.507 e. The Hall–Kier alpha value is -2.01. The Labute approximate surface area is 128 Å². The Morgan fingerprint density at radius 3 is 2.55 bits per heavy atom. The van der Waals surface area contributed by atoms with Gasteiger partial charge in [0.25, 0.3) is 0 Å². The number of fused-ring (bicyclic) bond motifs is 2. The van der Waals surface area contributed by atoms with Gasteiger partial charge in [-0.2, -0.15) is 0 Å². The summed E-state index contributed by atoms with van der Waals surface area (Å²) in [4.78, 5) is 12.4. The number of ether oxygens (including phenoxy) is 1. The molecular formula is C17H20O5. The summed E-state index contributed by atoms with van der Waals surface area (Å²) in [5.74, 6) is -1.09. The van der Waals surface area contributed by atoms with E-state index < -0.39 is 11.5 Å². The number of benzene rings is 1. The quantitative estimate of drug-likeness (QED) is 0.548. The average molecular weight is 304 g/mol. The van der Waals surface area contributed by atoms with Crippen LogP contribution >= 0.6 is 0 Å². The normalized spacial score (nSPS) is 25.4. The Balaban J connectivity index is 2.33. The number of Topliss-reactive ketones (excluding diaryl/α,β-unsaturated/α-hetero) is 1. The fraction of sp³-hybridized carbons (Fsp3) is 0.471. The highest BCUT2D eigenvalue weighted by atomic mass is 16.5. The van der Waals surface area contributed by atoms with Crippen molar-refractivity contribution in [2.45, 2.75) is 44.6 Å². The molecule has 0 radical (unpaired) electrons. The standard InChI is InChI=1S/C17H20O5/c1-8-4-5-9(7-18)12-11(8)15(21)16-13(14(12)20)10(19)6-17(2,3)22-16/h4-5,8-9,18,20-21H,6-7H2,1-3H3/t8-,9-/m0/s1.